The van der Waals surface area contributed by atoms with Gasteiger partial charge in [0.15, 0.2) is 0 Å². The molecule has 20 heavy (non-hydrogen) atoms. The first kappa shape index (κ1) is 15.1. The first-order chi connectivity index (χ1) is 9.24. The lowest BCUT2D eigenvalue weighted by atomic mass is 10.1. The van der Waals surface area contributed by atoms with Gasteiger partial charge in [-0.05, 0) is 43.5 Å². The highest BCUT2D eigenvalue weighted by Crippen LogP contribution is 2.30. The summed E-state index contributed by atoms with van der Waals surface area (Å²) < 4.78 is 5.40. The number of carbonyl (C=O) groups excluding carboxylic acids is 1. The van der Waals surface area contributed by atoms with E-state index < -0.39 is 0 Å². The summed E-state index contributed by atoms with van der Waals surface area (Å²) in [7, 11) is 0. The van der Waals surface area contributed by atoms with Crippen LogP contribution in [0.3, 0.4) is 0 Å². The minimum absolute atomic E-state index is 0. The summed E-state index contributed by atoms with van der Waals surface area (Å²) in [5, 5.41) is 0. The number of carbonyl (C=O) groups is 1. The molecule has 1 heterocycles. The number of halogens is 1. The van der Waals surface area contributed by atoms with Crippen LogP contribution in [0.15, 0.2) is 24.3 Å². The zero-order valence-corrected chi connectivity index (χ0v) is 12.3. The summed E-state index contributed by atoms with van der Waals surface area (Å²) >= 11 is 0. The van der Waals surface area contributed by atoms with Gasteiger partial charge in [-0.3, -0.25) is 4.79 Å². The second-order valence-electron chi connectivity index (χ2n) is 5.54. The van der Waals surface area contributed by atoms with Crippen LogP contribution in [0.5, 0.6) is 0 Å². The Hall–Kier alpha value is -1.26. The second-order valence-corrected chi connectivity index (χ2v) is 5.54. The largest absolute Gasteiger partial charge is 0.399 e. The number of benzene rings is 1. The number of hydrogen-bond donors (Lipinski definition) is 1. The van der Waals surface area contributed by atoms with E-state index in [1.54, 1.807) is 12.1 Å². The second kappa shape index (κ2) is 6.46. The molecule has 3 rings (SSSR count). The minimum Gasteiger partial charge on any atom is -0.399 e. The Morgan fingerprint density at radius 3 is 2.50 bits per heavy atom. The Kier molecular flexibility index (Phi) is 4.89. The number of ether oxygens (including phenoxy) is 1. The maximum atomic E-state index is 12.6. The van der Waals surface area contributed by atoms with Crippen LogP contribution in [0.1, 0.15) is 29.6 Å². The fourth-order valence-corrected chi connectivity index (χ4v) is 2.58. The molecule has 1 aliphatic heterocycles. The number of nitrogens with zero attached hydrogens (tertiary/aromatic N) is 1. The smallest absolute Gasteiger partial charge is 0.254 e. The van der Waals surface area contributed by atoms with E-state index >= 15 is 0 Å². The number of nitrogens with two attached hydrogens (primary N) is 1. The molecule has 1 saturated carbocycles. The highest BCUT2D eigenvalue weighted by molar-refractivity contribution is 5.95. The highest BCUT2D eigenvalue weighted by atomic mass is 35.5. The third-order valence-electron chi connectivity index (χ3n) is 3.89. The average molecular weight is 297 g/mol. The summed E-state index contributed by atoms with van der Waals surface area (Å²) in [6.45, 7) is 2.45. The normalized spacial score (nSPS) is 21.3. The van der Waals surface area contributed by atoms with Crippen LogP contribution in [-0.4, -0.2) is 36.6 Å². The van der Waals surface area contributed by atoms with Crippen molar-refractivity contribution in [2.24, 2.45) is 5.92 Å². The summed E-state index contributed by atoms with van der Waals surface area (Å²) in [5.41, 5.74) is 7.10. The number of hydrogen-bond acceptors (Lipinski definition) is 3. The lowest BCUT2D eigenvalue weighted by Gasteiger charge is -2.25. The summed E-state index contributed by atoms with van der Waals surface area (Å²) in [6, 6.07) is 7.65. The van der Waals surface area contributed by atoms with Crippen molar-refractivity contribution in [2.75, 3.05) is 25.5 Å². The fourth-order valence-electron chi connectivity index (χ4n) is 2.58. The van der Waals surface area contributed by atoms with E-state index in [1.807, 2.05) is 17.0 Å². The van der Waals surface area contributed by atoms with E-state index in [0.717, 1.165) is 44.6 Å². The molecule has 2 N–H and O–H groups in total. The van der Waals surface area contributed by atoms with Crippen molar-refractivity contribution in [3.05, 3.63) is 29.8 Å². The molecule has 2 aliphatic rings. The molecule has 1 unspecified atom stereocenters. The van der Waals surface area contributed by atoms with Crippen molar-refractivity contribution in [1.82, 2.24) is 4.90 Å². The molecule has 2 fully saturated rings. The van der Waals surface area contributed by atoms with E-state index in [0.29, 0.717) is 17.6 Å². The number of amides is 1. The topological polar surface area (TPSA) is 55.6 Å². The minimum atomic E-state index is 0. The van der Waals surface area contributed by atoms with Gasteiger partial charge in [0.2, 0.25) is 0 Å². The maximum absolute atomic E-state index is 12.6. The fraction of sp³-hybridized carbons (Fsp3) is 0.533. The molecule has 1 aromatic carbocycles. The predicted octanol–water partition coefficient (Wildman–Crippen LogP) is 2.33. The van der Waals surface area contributed by atoms with Crippen molar-refractivity contribution in [3.8, 4) is 0 Å². The van der Waals surface area contributed by atoms with Crippen molar-refractivity contribution < 1.29 is 9.53 Å². The van der Waals surface area contributed by atoms with Gasteiger partial charge in [0.05, 0.1) is 6.61 Å². The Labute approximate surface area is 125 Å². The molecule has 1 saturated heterocycles. The molecule has 1 amide bonds. The lowest BCUT2D eigenvalue weighted by Crippen LogP contribution is -2.37. The van der Waals surface area contributed by atoms with Crippen LogP contribution in [0.2, 0.25) is 0 Å². The molecular formula is C15H21ClN2O2. The molecule has 1 aliphatic carbocycles. The van der Waals surface area contributed by atoms with Crippen LogP contribution in [0.25, 0.3) is 0 Å². The Balaban J connectivity index is 0.00000147. The highest BCUT2D eigenvalue weighted by Gasteiger charge is 2.35. The third-order valence-corrected chi connectivity index (χ3v) is 3.89. The first-order valence-corrected chi connectivity index (χ1v) is 6.98. The molecule has 1 atom stereocenters. The van der Waals surface area contributed by atoms with Crippen LogP contribution < -0.4 is 5.73 Å². The van der Waals surface area contributed by atoms with E-state index in [9.17, 15) is 4.79 Å². The van der Waals surface area contributed by atoms with Crippen molar-refractivity contribution in [3.63, 3.8) is 0 Å². The molecule has 5 heteroatoms. The molecule has 1 aromatic rings. The first-order valence-electron chi connectivity index (χ1n) is 6.98. The maximum Gasteiger partial charge on any atom is 0.254 e. The van der Waals surface area contributed by atoms with Gasteiger partial charge in [0, 0.05) is 36.4 Å². The van der Waals surface area contributed by atoms with E-state index in [1.165, 1.54) is 0 Å². The van der Waals surface area contributed by atoms with Crippen LogP contribution in [0, 0.1) is 5.92 Å². The van der Waals surface area contributed by atoms with Gasteiger partial charge >= 0.3 is 0 Å². The molecule has 0 bridgehead atoms. The summed E-state index contributed by atoms with van der Waals surface area (Å²) in [4.78, 5) is 14.6. The zero-order chi connectivity index (χ0) is 13.2. The Morgan fingerprint density at radius 1 is 1.25 bits per heavy atom. The standard InChI is InChI=1S/C15H20N2O2.ClH/c16-13-3-1-12(2-4-13)15(18)17(14-5-6-14)9-11-7-8-19-10-11;/h1-4,11,14H,5-10,16H2;1H. The third kappa shape index (κ3) is 3.44. The van der Waals surface area contributed by atoms with Gasteiger partial charge < -0.3 is 15.4 Å². The van der Waals surface area contributed by atoms with Crippen molar-refractivity contribution >= 4 is 24.0 Å². The molecule has 0 spiro atoms. The van der Waals surface area contributed by atoms with E-state index in [4.69, 9.17) is 10.5 Å². The van der Waals surface area contributed by atoms with Crippen molar-refractivity contribution in [2.45, 2.75) is 25.3 Å². The van der Waals surface area contributed by atoms with Gasteiger partial charge in [-0.1, -0.05) is 0 Å². The predicted molar refractivity (Wildman–Crippen MR) is 81.1 cm³/mol. The number of nitrogen functional groups attached to an aromatic ring is 1. The van der Waals surface area contributed by atoms with Crippen LogP contribution >= 0.6 is 12.4 Å². The molecule has 0 radical (unpaired) electrons. The van der Waals surface area contributed by atoms with E-state index in [2.05, 4.69) is 0 Å². The summed E-state index contributed by atoms with van der Waals surface area (Å²) in [6.07, 6.45) is 3.33. The molecule has 110 valence electrons. The lowest BCUT2D eigenvalue weighted by molar-refractivity contribution is 0.0706. The average Bonchev–Trinajstić information content (AvgIpc) is 3.13. The molecule has 0 aromatic heterocycles. The van der Waals surface area contributed by atoms with Gasteiger partial charge in [0.25, 0.3) is 5.91 Å². The van der Waals surface area contributed by atoms with Gasteiger partial charge in [-0.25, -0.2) is 0 Å². The van der Waals surface area contributed by atoms with Crippen LogP contribution in [0.4, 0.5) is 5.69 Å². The van der Waals surface area contributed by atoms with Crippen LogP contribution in [-0.2, 0) is 4.74 Å². The van der Waals surface area contributed by atoms with Gasteiger partial charge in [0.1, 0.15) is 0 Å². The molecular weight excluding hydrogens is 276 g/mol. The SMILES string of the molecule is Cl.Nc1ccc(C(=O)N(CC2CCOC2)C2CC2)cc1. The number of rotatable bonds is 4. The summed E-state index contributed by atoms with van der Waals surface area (Å²) in [5.74, 6) is 0.632. The zero-order valence-electron chi connectivity index (χ0n) is 11.5. The number of anilines is 1. The molecule has 4 nitrogen and oxygen atoms in total. The quantitative estimate of drug-likeness (QED) is 0.868. The van der Waals surface area contributed by atoms with Gasteiger partial charge in [-0.15, -0.1) is 12.4 Å². The van der Waals surface area contributed by atoms with Gasteiger partial charge in [-0.2, -0.15) is 0 Å². The Bertz CT molecular complexity index is 453. The monoisotopic (exact) mass is 296 g/mol. The van der Waals surface area contributed by atoms with E-state index in [-0.39, 0.29) is 18.3 Å². The Morgan fingerprint density at radius 2 is 1.95 bits per heavy atom. The van der Waals surface area contributed by atoms with Crippen molar-refractivity contribution in [1.29, 1.82) is 0 Å².